The zero-order valence-electron chi connectivity index (χ0n) is 19.4. The number of para-hydroxylation sites is 1. The Morgan fingerprint density at radius 2 is 1.59 bits per heavy atom. The van der Waals surface area contributed by atoms with Gasteiger partial charge in [-0.1, -0.05) is 84.6 Å². The van der Waals surface area contributed by atoms with Crippen molar-refractivity contribution in [2.75, 3.05) is 4.90 Å². The first-order valence-electron chi connectivity index (χ1n) is 11.6. The number of rotatable bonds is 5. The van der Waals surface area contributed by atoms with Crippen LogP contribution in [0.1, 0.15) is 11.1 Å². The van der Waals surface area contributed by atoms with E-state index in [1.807, 2.05) is 24.3 Å². The first-order chi connectivity index (χ1) is 18.0. The van der Waals surface area contributed by atoms with E-state index in [0.29, 0.717) is 21.5 Å². The third-order valence-electron chi connectivity index (χ3n) is 6.44. The van der Waals surface area contributed by atoms with E-state index in [1.54, 1.807) is 12.1 Å². The van der Waals surface area contributed by atoms with Crippen molar-refractivity contribution < 1.29 is 9.72 Å². The molecule has 6 nitrogen and oxygen atoms in total. The summed E-state index contributed by atoms with van der Waals surface area (Å²) >= 11 is 6.73. The maximum absolute atomic E-state index is 13.3. The van der Waals surface area contributed by atoms with Gasteiger partial charge in [0.1, 0.15) is 0 Å². The second kappa shape index (κ2) is 9.31. The molecule has 6 rings (SSSR count). The molecule has 0 unspecified atom stereocenters. The van der Waals surface area contributed by atoms with Crippen LogP contribution < -0.4 is 4.90 Å². The Kier molecular flexibility index (Phi) is 5.82. The zero-order valence-corrected chi connectivity index (χ0v) is 21.0. The van der Waals surface area contributed by atoms with Gasteiger partial charge in [0, 0.05) is 41.3 Å². The second-order valence-electron chi connectivity index (χ2n) is 8.66. The van der Waals surface area contributed by atoms with Crippen molar-refractivity contribution in [3.63, 3.8) is 0 Å². The number of non-ortho nitro benzene ring substituents is 1. The average Bonchev–Trinajstić information content (AvgIpc) is 3.40. The van der Waals surface area contributed by atoms with Crippen molar-refractivity contribution in [1.29, 1.82) is 0 Å². The van der Waals surface area contributed by atoms with Crippen LogP contribution in [-0.4, -0.2) is 19.7 Å². The van der Waals surface area contributed by atoms with Gasteiger partial charge in [-0.25, -0.2) is 0 Å². The number of hydrogen-bond donors (Lipinski definition) is 0. The maximum atomic E-state index is 13.3. The Morgan fingerprint density at radius 1 is 0.892 bits per heavy atom. The average molecular weight is 522 g/mol. The fourth-order valence-electron chi connectivity index (χ4n) is 4.69. The molecular formula is C29H19N3O3S2. The lowest BCUT2D eigenvalue weighted by molar-refractivity contribution is -0.384. The molecule has 0 bridgehead atoms. The Bertz CT molecular complexity index is 1750. The lowest BCUT2D eigenvalue weighted by atomic mass is 10.0. The second-order valence-corrected chi connectivity index (χ2v) is 10.3. The van der Waals surface area contributed by atoms with Crippen LogP contribution in [0.25, 0.3) is 27.8 Å². The monoisotopic (exact) mass is 521 g/mol. The third kappa shape index (κ3) is 4.20. The number of carbonyl (C=O) groups excluding carboxylic acids is 1. The molecule has 1 aliphatic rings. The first-order valence-corrected chi connectivity index (χ1v) is 12.8. The molecule has 1 saturated heterocycles. The SMILES string of the molecule is O=C1/C(=C\c2cn(Cc3cccc4ccccc34)c3ccccc23)SC(=S)N1c1ccc([N+](=O)[O-])cc1. The summed E-state index contributed by atoms with van der Waals surface area (Å²) in [6, 6.07) is 28.7. The molecule has 0 radical (unpaired) electrons. The van der Waals surface area contributed by atoms with Crippen molar-refractivity contribution in [1.82, 2.24) is 4.57 Å². The molecule has 180 valence electrons. The summed E-state index contributed by atoms with van der Waals surface area (Å²) in [5.74, 6) is -0.241. The van der Waals surface area contributed by atoms with Crippen molar-refractivity contribution >= 4 is 73.3 Å². The molecule has 1 amide bonds. The van der Waals surface area contributed by atoms with Crippen LogP contribution >= 0.6 is 24.0 Å². The predicted octanol–water partition coefficient (Wildman–Crippen LogP) is 7.16. The molecule has 0 N–H and O–H groups in total. The van der Waals surface area contributed by atoms with Crippen molar-refractivity contribution in [2.45, 2.75) is 6.54 Å². The third-order valence-corrected chi connectivity index (χ3v) is 7.74. The van der Waals surface area contributed by atoms with E-state index < -0.39 is 4.92 Å². The van der Waals surface area contributed by atoms with Crippen LogP contribution in [0.2, 0.25) is 0 Å². The number of amides is 1. The zero-order chi connectivity index (χ0) is 25.5. The molecule has 2 heterocycles. The molecule has 0 aliphatic carbocycles. The Balaban J connectivity index is 1.36. The van der Waals surface area contributed by atoms with Crippen LogP contribution in [0, 0.1) is 10.1 Å². The lowest BCUT2D eigenvalue weighted by Crippen LogP contribution is -2.27. The minimum Gasteiger partial charge on any atom is -0.342 e. The van der Waals surface area contributed by atoms with Gasteiger partial charge in [-0.2, -0.15) is 0 Å². The number of aromatic nitrogens is 1. The smallest absolute Gasteiger partial charge is 0.270 e. The van der Waals surface area contributed by atoms with Crippen LogP contribution in [0.5, 0.6) is 0 Å². The van der Waals surface area contributed by atoms with Gasteiger partial charge in [-0.05, 0) is 40.6 Å². The molecule has 4 aromatic carbocycles. The van der Waals surface area contributed by atoms with Gasteiger partial charge in [-0.15, -0.1) is 0 Å². The predicted molar refractivity (Wildman–Crippen MR) is 154 cm³/mol. The molecule has 0 saturated carbocycles. The number of hydrogen-bond acceptors (Lipinski definition) is 5. The van der Waals surface area contributed by atoms with Gasteiger partial charge < -0.3 is 4.57 Å². The molecule has 0 spiro atoms. The highest BCUT2D eigenvalue weighted by Crippen LogP contribution is 2.37. The summed E-state index contributed by atoms with van der Waals surface area (Å²) < 4.78 is 2.60. The number of fused-ring (bicyclic) bond motifs is 2. The topological polar surface area (TPSA) is 68.4 Å². The highest BCUT2D eigenvalue weighted by Gasteiger charge is 2.33. The van der Waals surface area contributed by atoms with Gasteiger partial charge in [-0.3, -0.25) is 19.8 Å². The van der Waals surface area contributed by atoms with E-state index in [2.05, 4.69) is 59.3 Å². The van der Waals surface area contributed by atoms with Crippen molar-refractivity contribution in [3.8, 4) is 0 Å². The summed E-state index contributed by atoms with van der Waals surface area (Å²) in [7, 11) is 0. The Morgan fingerprint density at radius 3 is 2.38 bits per heavy atom. The standard InChI is InChI=1S/C29H19N3O3S2/c33-28-27(37-29(36)31(28)22-12-14-23(15-13-22)32(34)35)16-21-18-30(26-11-4-3-10-25(21)26)17-20-8-5-7-19-6-1-2-9-24(19)20/h1-16,18H,17H2/b27-16+. The van der Waals surface area contributed by atoms with Crippen LogP contribution in [0.4, 0.5) is 11.4 Å². The molecular weight excluding hydrogens is 502 g/mol. The maximum Gasteiger partial charge on any atom is 0.270 e. The number of thioether (sulfide) groups is 1. The van der Waals surface area contributed by atoms with Gasteiger partial charge in [0.25, 0.3) is 11.6 Å². The van der Waals surface area contributed by atoms with E-state index in [1.165, 1.54) is 45.1 Å². The fraction of sp³-hybridized carbons (Fsp3) is 0.0345. The van der Waals surface area contributed by atoms with Crippen LogP contribution in [-0.2, 0) is 11.3 Å². The molecule has 1 aromatic heterocycles. The number of carbonyl (C=O) groups is 1. The number of benzene rings is 4. The normalized spacial score (nSPS) is 14.8. The van der Waals surface area contributed by atoms with Crippen LogP contribution in [0.15, 0.2) is 102 Å². The molecule has 5 aromatic rings. The van der Waals surface area contributed by atoms with Crippen molar-refractivity contribution in [3.05, 3.63) is 123 Å². The lowest BCUT2D eigenvalue weighted by Gasteiger charge is -2.13. The molecule has 1 fully saturated rings. The minimum atomic E-state index is -0.470. The highest BCUT2D eigenvalue weighted by atomic mass is 32.2. The highest BCUT2D eigenvalue weighted by molar-refractivity contribution is 8.27. The number of nitro benzene ring substituents is 1. The summed E-state index contributed by atoms with van der Waals surface area (Å²) in [6.45, 7) is 0.694. The van der Waals surface area contributed by atoms with Gasteiger partial charge >= 0.3 is 0 Å². The van der Waals surface area contributed by atoms with Gasteiger partial charge in [0.15, 0.2) is 4.32 Å². The van der Waals surface area contributed by atoms with E-state index in [4.69, 9.17) is 12.2 Å². The number of thiocarbonyl (C=S) groups is 1. The largest absolute Gasteiger partial charge is 0.342 e. The Hall–Kier alpha value is -4.27. The number of nitrogens with zero attached hydrogens (tertiary/aromatic N) is 3. The van der Waals surface area contributed by atoms with Gasteiger partial charge in [0.2, 0.25) is 0 Å². The van der Waals surface area contributed by atoms with Crippen molar-refractivity contribution in [2.24, 2.45) is 0 Å². The number of nitro groups is 1. The van der Waals surface area contributed by atoms with E-state index >= 15 is 0 Å². The molecule has 37 heavy (non-hydrogen) atoms. The number of anilines is 1. The van der Waals surface area contributed by atoms with Crippen LogP contribution in [0.3, 0.4) is 0 Å². The first kappa shape index (κ1) is 23.1. The van der Waals surface area contributed by atoms with E-state index in [-0.39, 0.29) is 11.6 Å². The summed E-state index contributed by atoms with van der Waals surface area (Å²) in [4.78, 5) is 25.8. The molecule has 1 aliphatic heterocycles. The quantitative estimate of drug-likeness (QED) is 0.106. The van der Waals surface area contributed by atoms with E-state index in [9.17, 15) is 14.9 Å². The Labute approximate surface area is 222 Å². The summed E-state index contributed by atoms with van der Waals surface area (Å²) in [5, 5.41) is 14.5. The molecule has 8 heteroatoms. The van der Waals surface area contributed by atoms with E-state index in [0.717, 1.165) is 16.5 Å². The molecule has 0 atom stereocenters. The van der Waals surface area contributed by atoms with Gasteiger partial charge in [0.05, 0.1) is 15.5 Å². The summed E-state index contributed by atoms with van der Waals surface area (Å²) in [6.07, 6.45) is 3.96. The summed E-state index contributed by atoms with van der Waals surface area (Å²) in [5.41, 5.74) is 3.70. The minimum absolute atomic E-state index is 0.0382. The fourth-order valence-corrected chi connectivity index (χ4v) is 5.98.